The zero-order valence-corrected chi connectivity index (χ0v) is 16.9. The fraction of sp³-hybridized carbons (Fsp3) is 0.292. The lowest BCUT2D eigenvalue weighted by Gasteiger charge is -2.22. The summed E-state index contributed by atoms with van der Waals surface area (Å²) < 4.78 is 12.3. The molecule has 3 rings (SSSR count). The van der Waals surface area contributed by atoms with Gasteiger partial charge < -0.3 is 9.47 Å². The Morgan fingerprint density at radius 2 is 1.36 bits per heavy atom. The maximum Gasteiger partial charge on any atom is 0.145 e. The molecule has 0 fully saturated rings. The predicted octanol–water partition coefficient (Wildman–Crippen LogP) is 6.51. The monoisotopic (exact) mass is 374 g/mol. The molecule has 0 aliphatic carbocycles. The average molecular weight is 374 g/mol. The number of aliphatic imine (C=N–C) groups is 2. The van der Waals surface area contributed by atoms with Crippen molar-refractivity contribution in [2.45, 2.75) is 27.7 Å². The van der Waals surface area contributed by atoms with Crippen molar-refractivity contribution in [2.75, 3.05) is 13.2 Å². The van der Waals surface area contributed by atoms with E-state index < -0.39 is 0 Å². The molecule has 28 heavy (non-hydrogen) atoms. The van der Waals surface area contributed by atoms with Gasteiger partial charge in [0.25, 0.3) is 0 Å². The van der Waals surface area contributed by atoms with E-state index in [2.05, 4.69) is 49.8 Å². The fourth-order valence-corrected chi connectivity index (χ4v) is 3.07. The van der Waals surface area contributed by atoms with Gasteiger partial charge in [-0.05, 0) is 57.5 Å². The first-order valence-electron chi connectivity index (χ1n) is 9.47. The Labute approximate surface area is 167 Å². The first kappa shape index (κ1) is 19.7. The summed E-state index contributed by atoms with van der Waals surface area (Å²) in [7, 11) is 0. The van der Waals surface area contributed by atoms with Gasteiger partial charge in [0.2, 0.25) is 0 Å². The van der Waals surface area contributed by atoms with Gasteiger partial charge in [-0.25, -0.2) is 0 Å². The molecule has 0 bridgehead atoms. The molecule has 0 saturated carbocycles. The highest BCUT2D eigenvalue weighted by Gasteiger charge is 2.18. The van der Waals surface area contributed by atoms with Crippen molar-refractivity contribution in [3.8, 4) is 11.5 Å². The molecule has 0 aromatic heterocycles. The molecule has 1 aliphatic rings. The second-order valence-corrected chi connectivity index (χ2v) is 7.26. The molecule has 0 radical (unpaired) electrons. The molecular weight excluding hydrogens is 348 g/mol. The molecule has 0 unspecified atom stereocenters. The molecular formula is C24H26N2O2. The largest absolute Gasteiger partial charge is 0.491 e. The van der Waals surface area contributed by atoms with Gasteiger partial charge in [0.15, 0.2) is 0 Å². The Morgan fingerprint density at radius 1 is 0.857 bits per heavy atom. The summed E-state index contributed by atoms with van der Waals surface area (Å²) in [4.78, 5) is 8.70. The summed E-state index contributed by atoms with van der Waals surface area (Å²) in [5.74, 6) is 1.51. The van der Waals surface area contributed by atoms with Crippen LogP contribution in [0.3, 0.4) is 0 Å². The molecule has 1 aliphatic heterocycles. The SMILES string of the molecule is CC(C)=CC(=C(C)C)C1COc2ccccc2N=C=Nc2ccccc2OC1. The highest BCUT2D eigenvalue weighted by molar-refractivity contribution is 5.64. The zero-order valence-electron chi connectivity index (χ0n) is 16.9. The van der Waals surface area contributed by atoms with Crippen LogP contribution in [0.25, 0.3) is 0 Å². The minimum Gasteiger partial charge on any atom is -0.491 e. The van der Waals surface area contributed by atoms with Crippen LogP contribution in [0.4, 0.5) is 11.4 Å². The third kappa shape index (κ3) is 4.99. The molecule has 0 saturated heterocycles. The first-order valence-corrected chi connectivity index (χ1v) is 9.47. The van der Waals surface area contributed by atoms with Gasteiger partial charge in [0.1, 0.15) is 28.9 Å². The topological polar surface area (TPSA) is 43.2 Å². The molecule has 0 spiro atoms. The van der Waals surface area contributed by atoms with Crippen LogP contribution < -0.4 is 9.47 Å². The van der Waals surface area contributed by atoms with E-state index in [0.717, 1.165) is 11.5 Å². The van der Waals surface area contributed by atoms with Crippen molar-refractivity contribution in [3.05, 3.63) is 71.3 Å². The fourth-order valence-electron chi connectivity index (χ4n) is 3.07. The second-order valence-electron chi connectivity index (χ2n) is 7.26. The van der Waals surface area contributed by atoms with Crippen molar-refractivity contribution in [1.29, 1.82) is 0 Å². The van der Waals surface area contributed by atoms with E-state index in [1.165, 1.54) is 16.7 Å². The smallest absolute Gasteiger partial charge is 0.145 e. The van der Waals surface area contributed by atoms with Gasteiger partial charge >= 0.3 is 0 Å². The average Bonchev–Trinajstić information content (AvgIpc) is 2.67. The summed E-state index contributed by atoms with van der Waals surface area (Å²) in [5, 5.41) is 0. The van der Waals surface area contributed by atoms with E-state index >= 15 is 0 Å². The normalized spacial score (nSPS) is 15.6. The molecule has 0 amide bonds. The Hall–Kier alpha value is -3.10. The standard InChI is InChI=1S/C24H26N2O2/c1-17(2)13-20(18(3)4)19-14-27-23-11-7-5-9-21(23)25-16-26-22-10-6-8-12-24(22)28-15-19/h5-13,19H,14-15H2,1-4H3. The van der Waals surface area contributed by atoms with E-state index in [1.807, 2.05) is 48.5 Å². The van der Waals surface area contributed by atoms with Crippen LogP contribution in [0.1, 0.15) is 27.7 Å². The number of hydrogen-bond donors (Lipinski definition) is 0. The van der Waals surface area contributed by atoms with Crippen LogP contribution in [0.5, 0.6) is 11.5 Å². The second kappa shape index (κ2) is 9.20. The van der Waals surface area contributed by atoms with Crippen molar-refractivity contribution in [2.24, 2.45) is 15.9 Å². The Bertz CT molecular complexity index is 903. The first-order chi connectivity index (χ1) is 13.5. The lowest BCUT2D eigenvalue weighted by molar-refractivity contribution is 0.200. The van der Waals surface area contributed by atoms with Crippen LogP contribution in [-0.4, -0.2) is 19.2 Å². The zero-order chi connectivity index (χ0) is 19.9. The van der Waals surface area contributed by atoms with Crippen LogP contribution in [0.2, 0.25) is 0 Å². The Balaban J connectivity index is 2.06. The van der Waals surface area contributed by atoms with E-state index in [9.17, 15) is 0 Å². The van der Waals surface area contributed by atoms with Crippen molar-refractivity contribution in [3.63, 3.8) is 0 Å². The molecule has 1 heterocycles. The van der Waals surface area contributed by atoms with Crippen molar-refractivity contribution in [1.82, 2.24) is 0 Å². The van der Waals surface area contributed by atoms with Gasteiger partial charge in [0.05, 0.1) is 19.1 Å². The Morgan fingerprint density at radius 3 is 1.82 bits per heavy atom. The van der Waals surface area contributed by atoms with E-state index in [-0.39, 0.29) is 5.92 Å². The van der Waals surface area contributed by atoms with E-state index in [1.54, 1.807) is 0 Å². The quantitative estimate of drug-likeness (QED) is 0.562. The molecule has 0 N–H and O–H groups in total. The van der Waals surface area contributed by atoms with Crippen LogP contribution in [0.15, 0.2) is 81.3 Å². The minimum absolute atomic E-state index is 0.0772. The number of nitrogens with zero attached hydrogens (tertiary/aromatic N) is 2. The highest BCUT2D eigenvalue weighted by atomic mass is 16.5. The molecule has 4 heteroatoms. The highest BCUT2D eigenvalue weighted by Crippen LogP contribution is 2.31. The minimum atomic E-state index is 0.0772. The molecule has 0 atom stereocenters. The third-order valence-electron chi connectivity index (χ3n) is 4.41. The number of para-hydroxylation sites is 4. The number of benzene rings is 2. The number of allylic oxidation sites excluding steroid dienone is 3. The van der Waals surface area contributed by atoms with Crippen LogP contribution in [-0.2, 0) is 0 Å². The molecule has 144 valence electrons. The van der Waals surface area contributed by atoms with Gasteiger partial charge in [-0.15, -0.1) is 0 Å². The van der Waals surface area contributed by atoms with Gasteiger partial charge in [-0.1, -0.05) is 41.5 Å². The summed E-state index contributed by atoms with van der Waals surface area (Å²) in [6.45, 7) is 9.46. The predicted molar refractivity (Wildman–Crippen MR) is 114 cm³/mol. The maximum absolute atomic E-state index is 6.15. The van der Waals surface area contributed by atoms with Crippen LogP contribution >= 0.6 is 0 Å². The van der Waals surface area contributed by atoms with Gasteiger partial charge in [0, 0.05) is 0 Å². The number of hydrogen-bond acceptors (Lipinski definition) is 4. The summed E-state index contributed by atoms with van der Waals surface area (Å²) >= 11 is 0. The number of fused-ring (bicyclic) bond motifs is 2. The number of rotatable bonds is 2. The van der Waals surface area contributed by atoms with Crippen LogP contribution in [0, 0.1) is 5.92 Å². The summed E-state index contributed by atoms with van der Waals surface area (Å²) in [5.41, 5.74) is 5.16. The lowest BCUT2D eigenvalue weighted by atomic mass is 9.94. The van der Waals surface area contributed by atoms with Crippen molar-refractivity contribution < 1.29 is 9.47 Å². The summed E-state index contributed by atoms with van der Waals surface area (Å²) in [6.07, 6.45) is 2.21. The van der Waals surface area contributed by atoms with Crippen molar-refractivity contribution >= 4 is 17.4 Å². The molecule has 4 nitrogen and oxygen atoms in total. The lowest BCUT2D eigenvalue weighted by Crippen LogP contribution is -2.22. The maximum atomic E-state index is 6.15. The number of ether oxygens (including phenoxy) is 2. The molecule has 2 aromatic carbocycles. The van der Waals surface area contributed by atoms with E-state index in [0.29, 0.717) is 24.6 Å². The Kier molecular flexibility index (Phi) is 6.46. The van der Waals surface area contributed by atoms with Gasteiger partial charge in [-0.3, -0.25) is 0 Å². The third-order valence-corrected chi connectivity index (χ3v) is 4.41. The van der Waals surface area contributed by atoms with E-state index in [4.69, 9.17) is 9.47 Å². The van der Waals surface area contributed by atoms with Gasteiger partial charge in [-0.2, -0.15) is 9.98 Å². The molecule has 2 aromatic rings. The summed E-state index contributed by atoms with van der Waals surface area (Å²) in [6, 6.07) is 18.1.